The molecule has 0 spiro atoms. The first-order valence-corrected chi connectivity index (χ1v) is 6.91. The quantitative estimate of drug-likeness (QED) is 0.827. The van der Waals surface area contributed by atoms with Gasteiger partial charge < -0.3 is 15.1 Å². The van der Waals surface area contributed by atoms with E-state index in [9.17, 15) is 9.90 Å². The molecule has 0 radical (unpaired) electrons. The molecule has 0 unspecified atom stereocenters. The summed E-state index contributed by atoms with van der Waals surface area (Å²) in [5.41, 5.74) is 0.487. The van der Waals surface area contributed by atoms with Crippen LogP contribution < -0.4 is 0 Å². The number of nitrogens with zero attached hydrogens (tertiary/aromatic N) is 2. The van der Waals surface area contributed by atoms with Gasteiger partial charge in [0, 0.05) is 24.2 Å². The highest BCUT2D eigenvalue weighted by Gasteiger charge is 2.37. The first kappa shape index (κ1) is 14.8. The van der Waals surface area contributed by atoms with Crippen LogP contribution in [0.3, 0.4) is 0 Å². The monoisotopic (exact) mass is 278 g/mol. The molecule has 0 aromatic carbocycles. The Morgan fingerprint density at radius 1 is 1.30 bits per heavy atom. The minimum absolute atomic E-state index is 0.0753. The lowest BCUT2D eigenvalue weighted by molar-refractivity contribution is -0.0249. The maximum Gasteiger partial charge on any atom is 0.407 e. The molecule has 5 heteroatoms. The van der Waals surface area contributed by atoms with Crippen LogP contribution in [0.15, 0.2) is 18.2 Å². The minimum atomic E-state index is -1.02. The molecule has 0 aliphatic carbocycles. The second-order valence-corrected chi connectivity index (χ2v) is 6.46. The maximum atomic E-state index is 10.9. The van der Waals surface area contributed by atoms with Crippen LogP contribution >= 0.6 is 0 Å². The molecule has 1 saturated heterocycles. The maximum absolute atomic E-state index is 10.9. The summed E-state index contributed by atoms with van der Waals surface area (Å²) < 4.78 is 0. The largest absolute Gasteiger partial charge is 0.465 e. The molecule has 1 aliphatic heterocycles. The van der Waals surface area contributed by atoms with Crippen LogP contribution in [0.25, 0.3) is 0 Å². The molecule has 1 aromatic rings. The average molecular weight is 278 g/mol. The van der Waals surface area contributed by atoms with Crippen LogP contribution in [0.2, 0.25) is 0 Å². The van der Waals surface area contributed by atoms with Crippen molar-refractivity contribution >= 4 is 6.09 Å². The Labute approximate surface area is 119 Å². The topological polar surface area (TPSA) is 73.7 Å². The Kier molecular flexibility index (Phi) is 3.73. The van der Waals surface area contributed by atoms with E-state index in [0.29, 0.717) is 31.6 Å². The van der Waals surface area contributed by atoms with Crippen LogP contribution in [-0.4, -0.2) is 39.3 Å². The van der Waals surface area contributed by atoms with Gasteiger partial charge in [0.15, 0.2) is 0 Å². The van der Waals surface area contributed by atoms with Crippen molar-refractivity contribution in [2.45, 2.75) is 44.6 Å². The van der Waals surface area contributed by atoms with Crippen molar-refractivity contribution in [1.29, 1.82) is 0 Å². The van der Waals surface area contributed by atoms with Gasteiger partial charge in [0.05, 0.1) is 5.69 Å². The first-order valence-electron chi connectivity index (χ1n) is 6.91. The summed E-state index contributed by atoms with van der Waals surface area (Å²) in [5.74, 6) is 0. The second-order valence-electron chi connectivity index (χ2n) is 6.46. The average Bonchev–Trinajstić information content (AvgIpc) is 2.38. The van der Waals surface area contributed by atoms with Crippen molar-refractivity contribution in [3.63, 3.8) is 0 Å². The summed E-state index contributed by atoms with van der Waals surface area (Å²) in [7, 11) is 0. The van der Waals surface area contributed by atoms with Gasteiger partial charge in [0.2, 0.25) is 0 Å². The van der Waals surface area contributed by atoms with Crippen molar-refractivity contribution < 1.29 is 15.0 Å². The molecule has 1 fully saturated rings. The Bertz CT molecular complexity index is 500. The summed E-state index contributed by atoms with van der Waals surface area (Å²) in [4.78, 5) is 16.8. The van der Waals surface area contributed by atoms with E-state index in [1.165, 1.54) is 4.90 Å². The highest BCUT2D eigenvalue weighted by atomic mass is 16.4. The number of carbonyl (C=O) groups is 1. The van der Waals surface area contributed by atoms with Crippen molar-refractivity contribution in [2.24, 2.45) is 0 Å². The number of amides is 1. The molecular weight excluding hydrogens is 256 g/mol. The smallest absolute Gasteiger partial charge is 0.407 e. The Morgan fingerprint density at radius 2 is 1.90 bits per heavy atom. The number of aliphatic hydroxyl groups is 1. The Morgan fingerprint density at radius 3 is 2.40 bits per heavy atom. The van der Waals surface area contributed by atoms with Crippen molar-refractivity contribution in [2.75, 3.05) is 13.1 Å². The van der Waals surface area contributed by atoms with Crippen LogP contribution in [-0.2, 0) is 11.0 Å². The molecule has 2 heterocycles. The van der Waals surface area contributed by atoms with E-state index < -0.39 is 11.7 Å². The van der Waals surface area contributed by atoms with Crippen LogP contribution in [0, 0.1) is 0 Å². The lowest BCUT2D eigenvalue weighted by atomic mass is 9.86. The van der Waals surface area contributed by atoms with Gasteiger partial charge >= 0.3 is 6.09 Å². The summed E-state index contributed by atoms with van der Waals surface area (Å²) in [6, 6.07) is 5.69. The third-order valence-electron chi connectivity index (χ3n) is 3.86. The summed E-state index contributed by atoms with van der Waals surface area (Å²) in [6.07, 6.45) is -0.150. The lowest BCUT2D eigenvalue weighted by Crippen LogP contribution is -2.45. The van der Waals surface area contributed by atoms with E-state index in [0.717, 1.165) is 5.69 Å². The van der Waals surface area contributed by atoms with Crippen molar-refractivity contribution in [1.82, 2.24) is 9.88 Å². The van der Waals surface area contributed by atoms with E-state index in [4.69, 9.17) is 5.11 Å². The second kappa shape index (κ2) is 5.05. The number of hydrogen-bond donors (Lipinski definition) is 2. The van der Waals surface area contributed by atoms with E-state index in [2.05, 4.69) is 25.8 Å². The SMILES string of the molecule is CC(C)(C)c1cccc(C2(O)CCN(C(=O)O)CC2)n1. The van der Waals surface area contributed by atoms with E-state index in [1.807, 2.05) is 18.2 Å². The predicted octanol–water partition coefficient (Wildman–Crippen LogP) is 2.34. The highest BCUT2D eigenvalue weighted by Crippen LogP contribution is 2.33. The number of pyridine rings is 1. The zero-order chi connectivity index (χ0) is 15.0. The number of likely N-dealkylation sites (tertiary alicyclic amines) is 1. The zero-order valence-corrected chi connectivity index (χ0v) is 12.3. The zero-order valence-electron chi connectivity index (χ0n) is 12.3. The van der Waals surface area contributed by atoms with Crippen LogP contribution in [0.1, 0.15) is 45.0 Å². The molecule has 1 aromatic heterocycles. The molecular formula is C15H22N2O3. The molecule has 1 amide bonds. The standard InChI is InChI=1S/C15H22N2O3/c1-14(2,3)11-5-4-6-12(16-11)15(20)7-9-17(10-8-15)13(18)19/h4-6,20H,7-10H2,1-3H3,(H,18,19). The van der Waals surface area contributed by atoms with Gasteiger partial charge in [-0.05, 0) is 25.0 Å². The van der Waals surface area contributed by atoms with E-state index in [-0.39, 0.29) is 5.41 Å². The van der Waals surface area contributed by atoms with Gasteiger partial charge in [-0.25, -0.2) is 4.79 Å². The summed E-state index contributed by atoms with van der Waals surface area (Å²) in [5, 5.41) is 19.7. The number of aromatic nitrogens is 1. The normalized spacial score (nSPS) is 18.9. The fourth-order valence-electron chi connectivity index (χ4n) is 2.44. The van der Waals surface area contributed by atoms with E-state index >= 15 is 0 Å². The molecule has 20 heavy (non-hydrogen) atoms. The number of rotatable bonds is 1. The van der Waals surface area contributed by atoms with Gasteiger partial charge in [-0.1, -0.05) is 26.8 Å². The van der Waals surface area contributed by atoms with Gasteiger partial charge in [-0.15, -0.1) is 0 Å². The van der Waals surface area contributed by atoms with Crippen LogP contribution in [0.5, 0.6) is 0 Å². The highest BCUT2D eigenvalue weighted by molar-refractivity contribution is 5.65. The minimum Gasteiger partial charge on any atom is -0.465 e. The molecule has 1 aliphatic rings. The Balaban J connectivity index is 2.22. The summed E-state index contributed by atoms with van der Waals surface area (Å²) in [6.45, 7) is 6.92. The fraction of sp³-hybridized carbons (Fsp3) is 0.600. The molecule has 2 N–H and O–H groups in total. The molecule has 110 valence electrons. The van der Waals surface area contributed by atoms with Gasteiger partial charge in [0.1, 0.15) is 5.60 Å². The van der Waals surface area contributed by atoms with Gasteiger partial charge in [-0.3, -0.25) is 4.98 Å². The number of carboxylic acid groups (broad SMARTS) is 1. The lowest BCUT2D eigenvalue weighted by Gasteiger charge is -2.37. The first-order chi connectivity index (χ1) is 9.22. The number of hydrogen-bond acceptors (Lipinski definition) is 3. The van der Waals surface area contributed by atoms with Gasteiger partial charge in [0.25, 0.3) is 0 Å². The van der Waals surface area contributed by atoms with Gasteiger partial charge in [-0.2, -0.15) is 0 Å². The third-order valence-corrected chi connectivity index (χ3v) is 3.86. The number of piperidine rings is 1. The third kappa shape index (κ3) is 2.93. The molecule has 2 rings (SSSR count). The predicted molar refractivity (Wildman–Crippen MR) is 75.7 cm³/mol. The molecule has 0 atom stereocenters. The van der Waals surface area contributed by atoms with Crippen LogP contribution in [0.4, 0.5) is 4.79 Å². The summed E-state index contributed by atoms with van der Waals surface area (Å²) >= 11 is 0. The van der Waals surface area contributed by atoms with Crippen molar-refractivity contribution in [3.8, 4) is 0 Å². The molecule has 5 nitrogen and oxygen atoms in total. The van der Waals surface area contributed by atoms with E-state index in [1.54, 1.807) is 0 Å². The molecule has 0 saturated carbocycles. The Hall–Kier alpha value is -1.62. The fourth-order valence-corrected chi connectivity index (χ4v) is 2.44. The molecule has 0 bridgehead atoms. The van der Waals surface area contributed by atoms with Crippen molar-refractivity contribution in [3.05, 3.63) is 29.6 Å².